The lowest BCUT2D eigenvalue weighted by Crippen LogP contribution is -2.45. The second-order valence-electron chi connectivity index (χ2n) is 4.57. The van der Waals surface area contributed by atoms with Gasteiger partial charge in [0.1, 0.15) is 11.5 Å². The summed E-state index contributed by atoms with van der Waals surface area (Å²) in [6, 6.07) is 4.77. The Morgan fingerprint density at radius 3 is 2.50 bits per heavy atom. The molecule has 0 unspecified atom stereocenters. The molecule has 1 aromatic rings. The quantitative estimate of drug-likeness (QED) is 0.589. The maximum absolute atomic E-state index is 9.97. The number of nitrogens with one attached hydrogen (secondary N) is 1. The normalized spacial score (nSPS) is 16.6. The summed E-state index contributed by atoms with van der Waals surface area (Å²) < 4.78 is 0. The summed E-state index contributed by atoms with van der Waals surface area (Å²) in [5, 5.41) is 22.9. The summed E-state index contributed by atoms with van der Waals surface area (Å²) in [7, 11) is 0. The maximum Gasteiger partial charge on any atom is 0.120 e. The molecule has 0 amide bonds. The van der Waals surface area contributed by atoms with E-state index in [4.69, 9.17) is 0 Å². The highest BCUT2D eigenvalue weighted by Crippen LogP contribution is 2.34. The summed E-state index contributed by atoms with van der Waals surface area (Å²) in [6.07, 6.45) is 2.62. The van der Waals surface area contributed by atoms with Crippen molar-refractivity contribution in [1.82, 2.24) is 10.2 Å². The van der Waals surface area contributed by atoms with E-state index in [9.17, 15) is 10.2 Å². The van der Waals surface area contributed by atoms with E-state index in [1.54, 1.807) is 12.1 Å². The molecule has 6 heteroatoms. The van der Waals surface area contributed by atoms with Crippen LogP contribution in [0.5, 0.6) is 11.5 Å². The number of hydrogen-bond donors (Lipinski definition) is 3. The van der Waals surface area contributed by atoms with Gasteiger partial charge in [-0.15, -0.1) is 31.4 Å². The van der Waals surface area contributed by atoms with Crippen molar-refractivity contribution in [2.45, 2.75) is 12.5 Å². The number of nitrogens with zero attached hydrogens (tertiary/aromatic N) is 1. The predicted molar refractivity (Wildman–Crippen MR) is 86.3 cm³/mol. The number of halogens is 2. The van der Waals surface area contributed by atoms with Crippen LogP contribution in [0.25, 0.3) is 0 Å². The van der Waals surface area contributed by atoms with Crippen molar-refractivity contribution in [2.75, 3.05) is 26.2 Å². The van der Waals surface area contributed by atoms with Crippen LogP contribution in [0, 0.1) is 0 Å². The fourth-order valence-corrected chi connectivity index (χ4v) is 2.43. The first kappa shape index (κ1) is 19.1. The van der Waals surface area contributed by atoms with Crippen LogP contribution in [0.3, 0.4) is 0 Å². The van der Waals surface area contributed by atoms with Gasteiger partial charge in [-0.25, -0.2) is 0 Å². The highest BCUT2D eigenvalue weighted by molar-refractivity contribution is 5.85. The van der Waals surface area contributed by atoms with E-state index in [1.807, 2.05) is 6.08 Å². The molecule has 0 saturated carbocycles. The highest BCUT2D eigenvalue weighted by Gasteiger charge is 2.23. The monoisotopic (exact) mass is 320 g/mol. The standard InChI is InChI=1S/C14H20N2O2.2ClH/c1-2-3-13(16-8-6-15-7-9-16)12-10-11(17)4-5-14(12)18;;/h2,4-5,10,13,15,17-18H,1,3,6-9H2;2*1H/t13-;;/m1../s1. The lowest BCUT2D eigenvalue weighted by atomic mass is 10.00. The molecule has 1 fully saturated rings. The molecule has 1 aromatic carbocycles. The Hall–Kier alpha value is -0.940. The highest BCUT2D eigenvalue weighted by atomic mass is 35.5. The van der Waals surface area contributed by atoms with Crippen molar-refractivity contribution in [3.63, 3.8) is 0 Å². The van der Waals surface area contributed by atoms with Gasteiger partial charge in [0, 0.05) is 37.8 Å². The Kier molecular flexibility index (Phi) is 8.65. The average molecular weight is 321 g/mol. The van der Waals surface area contributed by atoms with Gasteiger partial charge in [0.25, 0.3) is 0 Å². The molecule has 2 rings (SSSR count). The van der Waals surface area contributed by atoms with Crippen molar-refractivity contribution in [2.24, 2.45) is 0 Å². The predicted octanol–water partition coefficient (Wildman–Crippen LogP) is 2.46. The first-order valence-corrected chi connectivity index (χ1v) is 6.30. The van der Waals surface area contributed by atoms with Gasteiger partial charge in [-0.05, 0) is 24.6 Å². The average Bonchev–Trinajstić information content (AvgIpc) is 2.40. The molecule has 1 heterocycles. The lowest BCUT2D eigenvalue weighted by Gasteiger charge is -2.35. The molecular weight excluding hydrogens is 299 g/mol. The second kappa shape index (κ2) is 9.08. The topological polar surface area (TPSA) is 55.7 Å². The molecule has 1 aliphatic rings. The Balaban J connectivity index is 0.00000180. The first-order valence-electron chi connectivity index (χ1n) is 6.30. The molecule has 20 heavy (non-hydrogen) atoms. The zero-order chi connectivity index (χ0) is 13.0. The van der Waals surface area contributed by atoms with Gasteiger partial charge in [0.2, 0.25) is 0 Å². The van der Waals surface area contributed by atoms with Crippen molar-refractivity contribution >= 4 is 24.8 Å². The van der Waals surface area contributed by atoms with Gasteiger partial charge in [0.15, 0.2) is 0 Å². The molecule has 1 aliphatic heterocycles. The number of piperazine rings is 1. The molecule has 0 radical (unpaired) electrons. The van der Waals surface area contributed by atoms with Crippen LogP contribution >= 0.6 is 24.8 Å². The minimum absolute atomic E-state index is 0. The number of rotatable bonds is 4. The summed E-state index contributed by atoms with van der Waals surface area (Å²) in [5.41, 5.74) is 0.775. The van der Waals surface area contributed by atoms with E-state index in [0.717, 1.165) is 38.2 Å². The Bertz CT molecular complexity index is 424. The third kappa shape index (κ3) is 4.56. The smallest absolute Gasteiger partial charge is 0.120 e. The lowest BCUT2D eigenvalue weighted by molar-refractivity contribution is 0.171. The molecule has 3 N–H and O–H groups in total. The van der Waals surface area contributed by atoms with E-state index < -0.39 is 0 Å². The van der Waals surface area contributed by atoms with E-state index in [2.05, 4.69) is 16.8 Å². The number of phenolic OH excluding ortho intramolecular Hbond substituents is 2. The Labute approximate surface area is 132 Å². The van der Waals surface area contributed by atoms with Crippen molar-refractivity contribution in [1.29, 1.82) is 0 Å². The summed E-state index contributed by atoms with van der Waals surface area (Å²) in [6.45, 7) is 7.57. The van der Waals surface area contributed by atoms with Gasteiger partial charge >= 0.3 is 0 Å². The van der Waals surface area contributed by atoms with Gasteiger partial charge in [-0.1, -0.05) is 6.08 Å². The van der Waals surface area contributed by atoms with E-state index in [0.29, 0.717) is 0 Å². The molecule has 1 saturated heterocycles. The van der Waals surface area contributed by atoms with Crippen molar-refractivity contribution < 1.29 is 10.2 Å². The van der Waals surface area contributed by atoms with Crippen LogP contribution in [0.4, 0.5) is 0 Å². The third-order valence-corrected chi connectivity index (χ3v) is 3.35. The molecule has 114 valence electrons. The van der Waals surface area contributed by atoms with Crippen LogP contribution in [0.2, 0.25) is 0 Å². The summed E-state index contributed by atoms with van der Waals surface area (Å²) in [5.74, 6) is 0.421. The fraction of sp³-hybridized carbons (Fsp3) is 0.429. The Morgan fingerprint density at radius 1 is 1.25 bits per heavy atom. The molecule has 1 atom stereocenters. The van der Waals surface area contributed by atoms with Crippen LogP contribution < -0.4 is 5.32 Å². The van der Waals surface area contributed by atoms with E-state index in [-0.39, 0.29) is 42.4 Å². The van der Waals surface area contributed by atoms with Gasteiger partial charge in [-0.2, -0.15) is 0 Å². The molecule has 0 aromatic heterocycles. The van der Waals surface area contributed by atoms with Crippen LogP contribution in [0.15, 0.2) is 30.9 Å². The fourth-order valence-electron chi connectivity index (χ4n) is 2.43. The van der Waals surface area contributed by atoms with Crippen LogP contribution in [-0.2, 0) is 0 Å². The number of benzene rings is 1. The third-order valence-electron chi connectivity index (χ3n) is 3.35. The van der Waals surface area contributed by atoms with Crippen molar-refractivity contribution in [3.8, 4) is 11.5 Å². The van der Waals surface area contributed by atoms with Crippen molar-refractivity contribution in [3.05, 3.63) is 36.4 Å². The summed E-state index contributed by atoms with van der Waals surface area (Å²) >= 11 is 0. The number of hydrogen-bond acceptors (Lipinski definition) is 4. The van der Waals surface area contributed by atoms with Crippen LogP contribution in [0.1, 0.15) is 18.0 Å². The minimum Gasteiger partial charge on any atom is -0.508 e. The number of phenols is 2. The summed E-state index contributed by atoms with van der Waals surface area (Å²) in [4.78, 5) is 2.31. The molecule has 0 aliphatic carbocycles. The van der Waals surface area contributed by atoms with Crippen LogP contribution in [-0.4, -0.2) is 41.3 Å². The largest absolute Gasteiger partial charge is 0.508 e. The van der Waals surface area contributed by atoms with E-state index >= 15 is 0 Å². The molecule has 0 bridgehead atoms. The Morgan fingerprint density at radius 2 is 1.90 bits per heavy atom. The first-order chi connectivity index (χ1) is 8.72. The maximum atomic E-state index is 9.97. The molecule has 4 nitrogen and oxygen atoms in total. The second-order valence-corrected chi connectivity index (χ2v) is 4.57. The SMILES string of the molecule is C=CC[C@H](c1cc(O)ccc1O)N1CCNCC1.Cl.Cl. The zero-order valence-electron chi connectivity index (χ0n) is 11.3. The van der Waals surface area contributed by atoms with Gasteiger partial charge in [-0.3, -0.25) is 4.90 Å². The minimum atomic E-state index is 0. The number of aromatic hydroxyl groups is 2. The zero-order valence-corrected chi connectivity index (χ0v) is 12.9. The molecular formula is C14H22Cl2N2O2. The van der Waals surface area contributed by atoms with E-state index in [1.165, 1.54) is 6.07 Å². The molecule has 0 spiro atoms. The van der Waals surface area contributed by atoms with Gasteiger partial charge < -0.3 is 15.5 Å². The van der Waals surface area contributed by atoms with Gasteiger partial charge in [0.05, 0.1) is 0 Å².